The molecule has 4 heteroatoms. The number of methoxy groups -OCH3 is 2. The fourth-order valence-electron chi connectivity index (χ4n) is 1.98. The first-order valence-corrected chi connectivity index (χ1v) is 6.50. The molecule has 2 aromatic rings. The summed E-state index contributed by atoms with van der Waals surface area (Å²) in [6, 6.07) is 13.9. The molecule has 0 fully saturated rings. The van der Waals surface area contributed by atoms with Crippen LogP contribution in [0.5, 0.6) is 11.5 Å². The van der Waals surface area contributed by atoms with Crippen LogP contribution in [-0.4, -0.2) is 14.2 Å². The Morgan fingerprint density at radius 2 is 1.75 bits per heavy atom. The molecule has 4 nitrogen and oxygen atoms in total. The number of nitrogens with two attached hydrogens (primary N) is 1. The molecule has 2 aromatic carbocycles. The predicted octanol–water partition coefficient (Wildman–Crippen LogP) is 2.77. The second-order valence-electron chi connectivity index (χ2n) is 4.43. The number of anilines is 1. The minimum Gasteiger partial charge on any atom is -0.497 e. The molecule has 106 valence electrons. The topological polar surface area (TPSA) is 56.5 Å². The number of ether oxygens (including phenoxy) is 2. The van der Waals surface area contributed by atoms with E-state index in [-0.39, 0.29) is 0 Å². The van der Waals surface area contributed by atoms with Crippen LogP contribution in [0.3, 0.4) is 0 Å². The van der Waals surface area contributed by atoms with Crippen molar-refractivity contribution >= 4 is 5.69 Å². The molecule has 0 aliphatic heterocycles. The van der Waals surface area contributed by atoms with Gasteiger partial charge in [-0.05, 0) is 35.9 Å². The van der Waals surface area contributed by atoms with Gasteiger partial charge in [0.25, 0.3) is 0 Å². The minimum absolute atomic E-state index is 0.560. The summed E-state index contributed by atoms with van der Waals surface area (Å²) >= 11 is 0. The van der Waals surface area contributed by atoms with E-state index in [1.165, 1.54) is 0 Å². The standard InChI is InChI=1S/C16H20N2O2/c1-19-15-7-8-16(20-2)13(9-15)11-18-14-5-3-12(10-17)4-6-14/h3-9,18H,10-11,17H2,1-2H3. The Labute approximate surface area is 119 Å². The molecule has 0 spiro atoms. The lowest BCUT2D eigenvalue weighted by Gasteiger charge is -2.12. The minimum atomic E-state index is 0.560. The van der Waals surface area contributed by atoms with E-state index in [0.29, 0.717) is 13.1 Å². The molecule has 0 aromatic heterocycles. The summed E-state index contributed by atoms with van der Waals surface area (Å²) in [7, 11) is 3.33. The van der Waals surface area contributed by atoms with Crippen LogP contribution in [-0.2, 0) is 13.1 Å². The monoisotopic (exact) mass is 272 g/mol. The summed E-state index contributed by atoms with van der Waals surface area (Å²) in [5, 5.41) is 3.36. The van der Waals surface area contributed by atoms with Gasteiger partial charge in [-0.25, -0.2) is 0 Å². The van der Waals surface area contributed by atoms with Crippen molar-refractivity contribution in [2.24, 2.45) is 5.73 Å². The van der Waals surface area contributed by atoms with E-state index in [4.69, 9.17) is 15.2 Å². The Balaban J connectivity index is 2.08. The molecular formula is C16H20N2O2. The first-order valence-electron chi connectivity index (χ1n) is 6.50. The molecule has 0 aliphatic rings. The van der Waals surface area contributed by atoms with E-state index >= 15 is 0 Å². The van der Waals surface area contributed by atoms with Crippen molar-refractivity contribution in [2.75, 3.05) is 19.5 Å². The Bertz CT molecular complexity index is 553. The van der Waals surface area contributed by atoms with Crippen molar-refractivity contribution in [2.45, 2.75) is 13.1 Å². The van der Waals surface area contributed by atoms with E-state index in [2.05, 4.69) is 5.32 Å². The molecule has 2 rings (SSSR count). The fraction of sp³-hybridized carbons (Fsp3) is 0.250. The Kier molecular flexibility index (Phi) is 4.85. The normalized spacial score (nSPS) is 10.2. The Hall–Kier alpha value is -2.20. The number of hydrogen-bond donors (Lipinski definition) is 2. The number of rotatable bonds is 6. The third kappa shape index (κ3) is 3.42. The van der Waals surface area contributed by atoms with E-state index in [1.54, 1.807) is 14.2 Å². The third-order valence-corrected chi connectivity index (χ3v) is 3.16. The van der Waals surface area contributed by atoms with Crippen molar-refractivity contribution in [3.8, 4) is 11.5 Å². The molecular weight excluding hydrogens is 252 g/mol. The molecule has 0 saturated carbocycles. The summed E-state index contributed by atoms with van der Waals surface area (Å²) in [6.07, 6.45) is 0. The summed E-state index contributed by atoms with van der Waals surface area (Å²) in [5.74, 6) is 1.66. The first-order chi connectivity index (χ1) is 9.76. The maximum absolute atomic E-state index is 5.58. The zero-order valence-corrected chi connectivity index (χ0v) is 11.8. The van der Waals surface area contributed by atoms with Crippen LogP contribution in [0.15, 0.2) is 42.5 Å². The Morgan fingerprint density at radius 3 is 2.35 bits per heavy atom. The van der Waals surface area contributed by atoms with Gasteiger partial charge in [0.15, 0.2) is 0 Å². The van der Waals surface area contributed by atoms with Crippen molar-refractivity contribution < 1.29 is 9.47 Å². The maximum Gasteiger partial charge on any atom is 0.124 e. The number of nitrogens with one attached hydrogen (secondary N) is 1. The van der Waals surface area contributed by atoms with Gasteiger partial charge in [-0.3, -0.25) is 0 Å². The third-order valence-electron chi connectivity index (χ3n) is 3.16. The number of benzene rings is 2. The lowest BCUT2D eigenvalue weighted by molar-refractivity contribution is 0.399. The average molecular weight is 272 g/mol. The quantitative estimate of drug-likeness (QED) is 0.849. The molecule has 0 unspecified atom stereocenters. The van der Waals surface area contributed by atoms with Gasteiger partial charge in [-0.15, -0.1) is 0 Å². The van der Waals surface area contributed by atoms with Crippen LogP contribution in [0.2, 0.25) is 0 Å². The zero-order chi connectivity index (χ0) is 14.4. The van der Waals surface area contributed by atoms with Crippen LogP contribution < -0.4 is 20.5 Å². The largest absolute Gasteiger partial charge is 0.497 e. The average Bonchev–Trinajstić information content (AvgIpc) is 2.53. The molecule has 3 N–H and O–H groups in total. The molecule has 0 saturated heterocycles. The number of hydrogen-bond acceptors (Lipinski definition) is 4. The molecule has 0 amide bonds. The lowest BCUT2D eigenvalue weighted by Crippen LogP contribution is -2.03. The second-order valence-corrected chi connectivity index (χ2v) is 4.43. The molecule has 0 bridgehead atoms. The van der Waals surface area contributed by atoms with Gasteiger partial charge in [-0.1, -0.05) is 12.1 Å². The molecule has 0 aliphatic carbocycles. The van der Waals surface area contributed by atoms with Crippen LogP contribution in [0, 0.1) is 0 Å². The van der Waals surface area contributed by atoms with E-state index in [9.17, 15) is 0 Å². The van der Waals surface area contributed by atoms with Crippen LogP contribution in [0.4, 0.5) is 5.69 Å². The fourth-order valence-corrected chi connectivity index (χ4v) is 1.98. The van der Waals surface area contributed by atoms with Crippen LogP contribution in [0.25, 0.3) is 0 Å². The van der Waals surface area contributed by atoms with E-state index < -0.39 is 0 Å². The maximum atomic E-state index is 5.58. The smallest absolute Gasteiger partial charge is 0.124 e. The van der Waals surface area contributed by atoms with Gasteiger partial charge in [0, 0.05) is 24.3 Å². The van der Waals surface area contributed by atoms with E-state index in [1.807, 2.05) is 42.5 Å². The second kappa shape index (κ2) is 6.82. The van der Waals surface area contributed by atoms with Crippen LogP contribution in [0.1, 0.15) is 11.1 Å². The summed E-state index contributed by atoms with van der Waals surface area (Å²) < 4.78 is 10.6. The van der Waals surface area contributed by atoms with Gasteiger partial charge in [-0.2, -0.15) is 0 Å². The zero-order valence-electron chi connectivity index (χ0n) is 11.8. The van der Waals surface area contributed by atoms with E-state index in [0.717, 1.165) is 28.3 Å². The summed E-state index contributed by atoms with van der Waals surface area (Å²) in [4.78, 5) is 0. The molecule has 0 heterocycles. The van der Waals surface area contributed by atoms with Crippen molar-refractivity contribution in [3.05, 3.63) is 53.6 Å². The predicted molar refractivity (Wildman–Crippen MR) is 81.2 cm³/mol. The highest BCUT2D eigenvalue weighted by Gasteiger charge is 2.05. The molecule has 0 atom stereocenters. The van der Waals surface area contributed by atoms with Gasteiger partial charge in [0.1, 0.15) is 11.5 Å². The highest BCUT2D eigenvalue weighted by Crippen LogP contribution is 2.24. The first kappa shape index (κ1) is 14.2. The Morgan fingerprint density at radius 1 is 1.00 bits per heavy atom. The van der Waals surface area contributed by atoms with Crippen molar-refractivity contribution in [1.29, 1.82) is 0 Å². The summed E-state index contributed by atoms with van der Waals surface area (Å²) in [5.41, 5.74) is 8.80. The van der Waals surface area contributed by atoms with Crippen molar-refractivity contribution in [1.82, 2.24) is 0 Å². The van der Waals surface area contributed by atoms with Crippen LogP contribution >= 0.6 is 0 Å². The summed E-state index contributed by atoms with van der Waals surface area (Å²) in [6.45, 7) is 1.23. The molecule has 0 radical (unpaired) electrons. The van der Waals surface area contributed by atoms with Gasteiger partial charge < -0.3 is 20.5 Å². The SMILES string of the molecule is COc1ccc(OC)c(CNc2ccc(CN)cc2)c1. The van der Waals surface area contributed by atoms with Gasteiger partial charge >= 0.3 is 0 Å². The highest BCUT2D eigenvalue weighted by atomic mass is 16.5. The van der Waals surface area contributed by atoms with Gasteiger partial charge in [0.2, 0.25) is 0 Å². The highest BCUT2D eigenvalue weighted by molar-refractivity contribution is 5.47. The van der Waals surface area contributed by atoms with Crippen molar-refractivity contribution in [3.63, 3.8) is 0 Å². The van der Waals surface area contributed by atoms with Gasteiger partial charge in [0.05, 0.1) is 14.2 Å². The lowest BCUT2D eigenvalue weighted by atomic mass is 10.1. The molecule has 20 heavy (non-hydrogen) atoms.